The standard InChI is InChI=1S/C24H22BrN7O2/c25-18-8-6-16(7-9-18)20-14-26-22(28-20)17-10-12-31(13-11-17)24(34)23(33)29-21-15-27-32(30-21)19-4-2-1-3-5-19/h1-9,14-15,17H,10-13H2,(H,26,28)(H,29,30,33). The summed E-state index contributed by atoms with van der Waals surface area (Å²) in [5.74, 6) is 0.0685. The normalized spacial score (nSPS) is 14.2. The number of benzene rings is 2. The molecule has 0 saturated carbocycles. The summed E-state index contributed by atoms with van der Waals surface area (Å²) in [7, 11) is 0. The lowest BCUT2D eigenvalue weighted by Crippen LogP contribution is -2.44. The molecule has 9 nitrogen and oxygen atoms in total. The van der Waals surface area contributed by atoms with Crippen LogP contribution in [0, 0.1) is 0 Å². The molecule has 1 aliphatic heterocycles. The Morgan fingerprint density at radius 3 is 2.47 bits per heavy atom. The van der Waals surface area contributed by atoms with Crippen LogP contribution >= 0.6 is 15.9 Å². The predicted molar refractivity (Wildman–Crippen MR) is 130 cm³/mol. The lowest BCUT2D eigenvalue weighted by molar-refractivity contribution is -0.143. The first kappa shape index (κ1) is 22.0. The third-order valence-corrected chi connectivity index (χ3v) is 6.36. The second-order valence-corrected chi connectivity index (χ2v) is 8.98. The second-order valence-electron chi connectivity index (χ2n) is 8.06. The second kappa shape index (κ2) is 9.60. The molecule has 1 aliphatic rings. The number of rotatable bonds is 4. The van der Waals surface area contributed by atoms with Crippen molar-refractivity contribution < 1.29 is 9.59 Å². The highest BCUT2D eigenvalue weighted by molar-refractivity contribution is 9.10. The summed E-state index contributed by atoms with van der Waals surface area (Å²) in [5.41, 5.74) is 2.79. The van der Waals surface area contributed by atoms with E-state index in [2.05, 4.69) is 41.4 Å². The first-order chi connectivity index (χ1) is 16.6. The fraction of sp³-hybridized carbons (Fsp3) is 0.208. The van der Waals surface area contributed by atoms with Gasteiger partial charge in [0.1, 0.15) is 5.82 Å². The fourth-order valence-corrected chi connectivity index (χ4v) is 4.26. The first-order valence-corrected chi connectivity index (χ1v) is 11.7. The number of piperidine rings is 1. The Kier molecular flexibility index (Phi) is 6.22. The van der Waals surface area contributed by atoms with E-state index in [1.165, 1.54) is 11.0 Å². The summed E-state index contributed by atoms with van der Waals surface area (Å²) < 4.78 is 1.03. The molecule has 2 N–H and O–H groups in total. The highest BCUT2D eigenvalue weighted by Gasteiger charge is 2.29. The van der Waals surface area contributed by atoms with E-state index in [1.54, 1.807) is 4.90 Å². The van der Waals surface area contributed by atoms with Crippen LogP contribution in [-0.2, 0) is 9.59 Å². The zero-order valence-corrected chi connectivity index (χ0v) is 19.8. The Morgan fingerprint density at radius 1 is 1.00 bits per heavy atom. The van der Waals surface area contributed by atoms with Gasteiger partial charge in [0, 0.05) is 23.5 Å². The van der Waals surface area contributed by atoms with E-state index in [-0.39, 0.29) is 11.7 Å². The quantitative estimate of drug-likeness (QED) is 0.399. The van der Waals surface area contributed by atoms with Gasteiger partial charge in [0.15, 0.2) is 5.82 Å². The maximum atomic E-state index is 12.7. The summed E-state index contributed by atoms with van der Waals surface area (Å²) in [6, 6.07) is 17.4. The number of carbonyl (C=O) groups is 2. The van der Waals surface area contributed by atoms with Crippen LogP contribution in [-0.4, -0.2) is 54.8 Å². The van der Waals surface area contributed by atoms with Crippen molar-refractivity contribution in [3.05, 3.63) is 77.3 Å². The van der Waals surface area contributed by atoms with Crippen LogP contribution in [0.3, 0.4) is 0 Å². The van der Waals surface area contributed by atoms with Crippen molar-refractivity contribution in [3.8, 4) is 16.9 Å². The molecular weight excluding hydrogens is 498 g/mol. The summed E-state index contributed by atoms with van der Waals surface area (Å²) in [5, 5.41) is 10.9. The van der Waals surface area contributed by atoms with Crippen LogP contribution in [0.25, 0.3) is 16.9 Å². The SMILES string of the molecule is O=C(Nc1cnn(-c2ccccc2)n1)C(=O)N1CCC(c2ncc(-c3ccc(Br)cc3)[nH]2)CC1. The van der Waals surface area contributed by atoms with Crippen molar-refractivity contribution in [3.63, 3.8) is 0 Å². The molecule has 2 amide bonds. The molecule has 1 saturated heterocycles. The number of imidazole rings is 1. The Labute approximate surface area is 204 Å². The lowest BCUT2D eigenvalue weighted by Gasteiger charge is -2.30. The molecule has 0 radical (unpaired) electrons. The maximum Gasteiger partial charge on any atom is 0.315 e. The van der Waals surface area contributed by atoms with Gasteiger partial charge in [-0.25, -0.2) is 4.98 Å². The minimum absolute atomic E-state index is 0.210. The van der Waals surface area contributed by atoms with Gasteiger partial charge < -0.3 is 9.88 Å². The Morgan fingerprint density at radius 2 is 1.74 bits per heavy atom. The zero-order chi connectivity index (χ0) is 23.5. The van der Waals surface area contributed by atoms with Gasteiger partial charge in [0.05, 0.1) is 23.8 Å². The van der Waals surface area contributed by atoms with E-state index in [1.807, 2.05) is 60.8 Å². The lowest BCUT2D eigenvalue weighted by atomic mass is 9.96. The fourth-order valence-electron chi connectivity index (χ4n) is 4.00. The number of hydrogen-bond acceptors (Lipinski definition) is 5. The van der Waals surface area contributed by atoms with Crippen LogP contribution in [0.2, 0.25) is 0 Å². The number of halogens is 1. The number of nitrogens with one attached hydrogen (secondary N) is 2. The van der Waals surface area contributed by atoms with E-state index in [0.29, 0.717) is 13.1 Å². The third kappa shape index (κ3) is 4.76. The van der Waals surface area contributed by atoms with Gasteiger partial charge in [-0.05, 0) is 42.7 Å². The minimum atomic E-state index is -0.714. The monoisotopic (exact) mass is 519 g/mol. The molecule has 1 fully saturated rings. The number of aromatic nitrogens is 5. The Hall–Kier alpha value is -3.79. The largest absolute Gasteiger partial charge is 0.342 e. The van der Waals surface area contributed by atoms with E-state index in [4.69, 9.17) is 0 Å². The molecule has 0 unspecified atom stereocenters. The van der Waals surface area contributed by atoms with Gasteiger partial charge in [-0.1, -0.05) is 46.3 Å². The summed E-state index contributed by atoms with van der Waals surface area (Å²) >= 11 is 3.45. The van der Waals surface area contributed by atoms with Crippen LogP contribution < -0.4 is 5.32 Å². The van der Waals surface area contributed by atoms with Crippen molar-refractivity contribution in [1.82, 2.24) is 29.9 Å². The first-order valence-electron chi connectivity index (χ1n) is 11.0. The number of aromatic amines is 1. The highest BCUT2D eigenvalue weighted by Crippen LogP contribution is 2.28. The minimum Gasteiger partial charge on any atom is -0.342 e. The predicted octanol–water partition coefficient (Wildman–Crippen LogP) is 3.76. The van der Waals surface area contributed by atoms with Gasteiger partial charge in [-0.15, -0.1) is 9.90 Å². The van der Waals surface area contributed by atoms with Crippen LogP contribution in [0.5, 0.6) is 0 Å². The smallest absolute Gasteiger partial charge is 0.315 e. The molecule has 2 aromatic carbocycles. The zero-order valence-electron chi connectivity index (χ0n) is 18.2. The summed E-state index contributed by atoms with van der Waals surface area (Å²) in [4.78, 5) is 36.1. The van der Waals surface area contributed by atoms with E-state index < -0.39 is 11.8 Å². The van der Waals surface area contributed by atoms with E-state index in [0.717, 1.165) is 40.1 Å². The van der Waals surface area contributed by atoms with Gasteiger partial charge in [0.25, 0.3) is 0 Å². The summed E-state index contributed by atoms with van der Waals surface area (Å²) in [6.45, 7) is 0.976. The van der Waals surface area contributed by atoms with Gasteiger partial charge in [-0.2, -0.15) is 5.10 Å². The Bertz CT molecular complexity index is 1290. The Balaban J connectivity index is 1.16. The van der Waals surface area contributed by atoms with Crippen molar-refractivity contribution >= 4 is 33.6 Å². The van der Waals surface area contributed by atoms with Gasteiger partial charge in [-0.3, -0.25) is 14.9 Å². The third-order valence-electron chi connectivity index (χ3n) is 5.83. The van der Waals surface area contributed by atoms with Crippen molar-refractivity contribution in [2.75, 3.05) is 18.4 Å². The molecule has 10 heteroatoms. The van der Waals surface area contributed by atoms with Crippen LogP contribution in [0.4, 0.5) is 5.82 Å². The number of amides is 2. The topological polar surface area (TPSA) is 109 Å². The molecule has 0 spiro atoms. The van der Waals surface area contributed by atoms with Crippen LogP contribution in [0.15, 0.2) is 71.5 Å². The molecule has 2 aromatic heterocycles. The van der Waals surface area contributed by atoms with E-state index in [9.17, 15) is 9.59 Å². The molecule has 172 valence electrons. The number of hydrogen-bond donors (Lipinski definition) is 2. The average Bonchev–Trinajstić information content (AvgIpc) is 3.55. The molecule has 3 heterocycles. The number of carbonyl (C=O) groups excluding carboxylic acids is 2. The van der Waals surface area contributed by atoms with Crippen molar-refractivity contribution in [1.29, 1.82) is 0 Å². The number of para-hydroxylation sites is 1. The molecule has 0 bridgehead atoms. The molecule has 4 aromatic rings. The highest BCUT2D eigenvalue weighted by atomic mass is 79.9. The molecule has 5 rings (SSSR count). The average molecular weight is 520 g/mol. The molecule has 34 heavy (non-hydrogen) atoms. The van der Waals surface area contributed by atoms with E-state index >= 15 is 0 Å². The number of anilines is 1. The number of H-pyrrole nitrogens is 1. The molecular formula is C24H22BrN7O2. The van der Waals surface area contributed by atoms with Crippen molar-refractivity contribution in [2.45, 2.75) is 18.8 Å². The van der Waals surface area contributed by atoms with Crippen LogP contribution in [0.1, 0.15) is 24.6 Å². The number of likely N-dealkylation sites (tertiary alicyclic amines) is 1. The van der Waals surface area contributed by atoms with Crippen molar-refractivity contribution in [2.24, 2.45) is 0 Å². The summed E-state index contributed by atoms with van der Waals surface area (Å²) in [6.07, 6.45) is 4.73. The van der Waals surface area contributed by atoms with Gasteiger partial charge >= 0.3 is 11.8 Å². The maximum absolute atomic E-state index is 12.7. The number of nitrogens with zero attached hydrogens (tertiary/aromatic N) is 5. The molecule has 0 aliphatic carbocycles. The van der Waals surface area contributed by atoms with Gasteiger partial charge in [0.2, 0.25) is 0 Å². The molecule has 0 atom stereocenters.